The van der Waals surface area contributed by atoms with Crippen LogP contribution in [0.3, 0.4) is 0 Å². The lowest BCUT2D eigenvalue weighted by Crippen LogP contribution is -1.97. The largest absolute Gasteiger partial charge is 0.231 e. The van der Waals surface area contributed by atoms with Crippen molar-refractivity contribution in [1.29, 1.82) is 0 Å². The van der Waals surface area contributed by atoms with E-state index in [1.807, 2.05) is 18.5 Å². The minimum Gasteiger partial charge on any atom is -0.231 e. The van der Waals surface area contributed by atoms with E-state index in [0.717, 1.165) is 16.6 Å². The Labute approximate surface area is 79.9 Å². The van der Waals surface area contributed by atoms with Crippen molar-refractivity contribution < 1.29 is 0 Å². The van der Waals surface area contributed by atoms with Gasteiger partial charge in [-0.2, -0.15) is 0 Å². The predicted molar refractivity (Wildman–Crippen MR) is 54.1 cm³/mol. The molecule has 2 nitrogen and oxygen atoms in total. The summed E-state index contributed by atoms with van der Waals surface area (Å²) in [5, 5.41) is 2.93. The fourth-order valence-corrected chi connectivity index (χ4v) is 2.08. The normalized spacial score (nSPS) is 14.4. The van der Waals surface area contributed by atoms with Crippen molar-refractivity contribution >= 4 is 29.6 Å². The molecule has 0 atom stereocenters. The van der Waals surface area contributed by atoms with E-state index in [1.165, 1.54) is 5.56 Å². The third kappa shape index (κ3) is 1.49. The molecule has 0 bridgehead atoms. The zero-order valence-corrected chi connectivity index (χ0v) is 8.28. The number of thioether (sulfide) groups is 2. The number of hydrogen-bond acceptors (Lipinski definition) is 4. The van der Waals surface area contributed by atoms with Crippen LogP contribution in [0, 0.1) is 0 Å². The van der Waals surface area contributed by atoms with Gasteiger partial charge in [0.1, 0.15) is 0 Å². The summed E-state index contributed by atoms with van der Waals surface area (Å²) in [6, 6.07) is 0. The molecule has 0 unspecified atom stereocenters. The third-order valence-electron chi connectivity index (χ3n) is 1.62. The van der Waals surface area contributed by atoms with Crippen LogP contribution in [0.5, 0.6) is 0 Å². The molecule has 4 heteroatoms. The first kappa shape index (κ1) is 8.13. The average molecular weight is 196 g/mol. The molecule has 0 N–H and O–H groups in total. The van der Waals surface area contributed by atoms with Crippen LogP contribution in [0.15, 0.2) is 16.8 Å². The fourth-order valence-electron chi connectivity index (χ4n) is 1.01. The Balaban J connectivity index is 2.44. The molecule has 0 saturated carbocycles. The highest BCUT2D eigenvalue weighted by Crippen LogP contribution is 2.24. The maximum atomic E-state index is 4.38. The van der Waals surface area contributed by atoms with Gasteiger partial charge in [0.05, 0.1) is 5.69 Å². The minimum atomic E-state index is 0.852. The Morgan fingerprint density at radius 1 is 1.58 bits per heavy atom. The second-order valence-corrected chi connectivity index (χ2v) is 4.05. The molecule has 1 aliphatic heterocycles. The Kier molecular flexibility index (Phi) is 2.37. The van der Waals surface area contributed by atoms with E-state index in [4.69, 9.17) is 0 Å². The number of rotatable bonds is 1. The Morgan fingerprint density at radius 2 is 2.50 bits per heavy atom. The van der Waals surface area contributed by atoms with Gasteiger partial charge in [-0.05, 0) is 17.7 Å². The van der Waals surface area contributed by atoms with Crippen LogP contribution in [0.4, 0.5) is 0 Å². The molecular weight excluding hydrogens is 188 g/mol. The van der Waals surface area contributed by atoms with Crippen LogP contribution in [0.25, 0.3) is 6.08 Å². The van der Waals surface area contributed by atoms with Crippen molar-refractivity contribution in [1.82, 2.24) is 9.97 Å². The van der Waals surface area contributed by atoms with Crippen molar-refractivity contribution in [2.45, 2.75) is 10.9 Å². The molecule has 0 fully saturated rings. The molecule has 1 aromatic rings. The van der Waals surface area contributed by atoms with Crippen molar-refractivity contribution in [2.75, 3.05) is 6.26 Å². The monoisotopic (exact) mass is 196 g/mol. The summed E-state index contributed by atoms with van der Waals surface area (Å²) in [5.74, 6) is 1.00. The second kappa shape index (κ2) is 3.49. The molecule has 1 aromatic heterocycles. The highest BCUT2D eigenvalue weighted by atomic mass is 32.2. The van der Waals surface area contributed by atoms with E-state index in [2.05, 4.69) is 15.4 Å². The molecule has 0 aliphatic carbocycles. The Bertz CT molecular complexity index is 323. The third-order valence-corrected chi connectivity index (χ3v) is 2.99. The minimum absolute atomic E-state index is 0.852. The number of aromatic nitrogens is 2. The highest BCUT2D eigenvalue weighted by molar-refractivity contribution is 8.01. The van der Waals surface area contributed by atoms with Gasteiger partial charge in [0.2, 0.25) is 0 Å². The summed E-state index contributed by atoms with van der Waals surface area (Å²) in [6.45, 7) is 0. The van der Waals surface area contributed by atoms with Gasteiger partial charge in [-0.3, -0.25) is 0 Å². The van der Waals surface area contributed by atoms with Crippen LogP contribution in [0.1, 0.15) is 11.3 Å². The predicted octanol–water partition coefficient (Wildman–Crippen LogP) is 2.42. The lowest BCUT2D eigenvalue weighted by molar-refractivity contribution is 0.938. The molecule has 0 amide bonds. The van der Waals surface area contributed by atoms with E-state index in [-0.39, 0.29) is 0 Å². The van der Waals surface area contributed by atoms with E-state index in [0.29, 0.717) is 0 Å². The maximum Gasteiger partial charge on any atom is 0.187 e. The van der Waals surface area contributed by atoms with Gasteiger partial charge in [0, 0.05) is 17.5 Å². The Morgan fingerprint density at radius 3 is 3.33 bits per heavy atom. The molecule has 0 saturated heterocycles. The first-order chi connectivity index (χ1) is 5.90. The molecule has 1 aliphatic rings. The number of nitrogens with zero attached hydrogens (tertiary/aromatic N) is 2. The zero-order valence-electron chi connectivity index (χ0n) is 6.65. The smallest absolute Gasteiger partial charge is 0.187 e. The Hall–Kier alpha value is -0.480. The topological polar surface area (TPSA) is 25.8 Å². The second-order valence-electron chi connectivity index (χ2n) is 2.38. The molecule has 0 spiro atoms. The quantitative estimate of drug-likeness (QED) is 0.509. The molecule has 0 aromatic carbocycles. The van der Waals surface area contributed by atoms with Gasteiger partial charge in [-0.15, -0.1) is 11.8 Å². The molecular formula is C8H8N2S2. The molecule has 62 valence electrons. The van der Waals surface area contributed by atoms with E-state index in [1.54, 1.807) is 23.5 Å². The molecule has 2 heterocycles. The fraction of sp³-hybridized carbons (Fsp3) is 0.250. The first-order valence-corrected chi connectivity index (χ1v) is 5.85. The number of fused-ring (bicyclic) bond motifs is 1. The lowest BCUT2D eigenvalue weighted by atomic mass is 10.2. The van der Waals surface area contributed by atoms with Crippen molar-refractivity contribution in [3.63, 3.8) is 0 Å². The summed E-state index contributed by atoms with van der Waals surface area (Å²) in [7, 11) is 0. The van der Waals surface area contributed by atoms with Gasteiger partial charge < -0.3 is 0 Å². The summed E-state index contributed by atoms with van der Waals surface area (Å²) in [4.78, 5) is 8.60. The number of hydrogen-bond donors (Lipinski definition) is 0. The summed E-state index contributed by atoms with van der Waals surface area (Å²) in [5.41, 5.74) is 2.31. The van der Waals surface area contributed by atoms with E-state index >= 15 is 0 Å². The molecule has 12 heavy (non-hydrogen) atoms. The van der Waals surface area contributed by atoms with Crippen molar-refractivity contribution in [3.8, 4) is 0 Å². The van der Waals surface area contributed by atoms with Gasteiger partial charge in [-0.25, -0.2) is 9.97 Å². The summed E-state index contributed by atoms with van der Waals surface area (Å²) in [6.07, 6.45) is 5.96. The van der Waals surface area contributed by atoms with Gasteiger partial charge in [0.15, 0.2) is 5.16 Å². The SMILES string of the molecule is CSc1ncc2c(n1)C=CSC2. The summed E-state index contributed by atoms with van der Waals surface area (Å²) >= 11 is 3.36. The lowest BCUT2D eigenvalue weighted by Gasteiger charge is -2.08. The maximum absolute atomic E-state index is 4.38. The summed E-state index contributed by atoms with van der Waals surface area (Å²) < 4.78 is 0. The highest BCUT2D eigenvalue weighted by Gasteiger charge is 2.06. The van der Waals surface area contributed by atoms with Crippen LogP contribution < -0.4 is 0 Å². The first-order valence-electron chi connectivity index (χ1n) is 3.58. The molecule has 2 rings (SSSR count). The zero-order chi connectivity index (χ0) is 8.39. The van der Waals surface area contributed by atoms with Crippen LogP contribution >= 0.6 is 23.5 Å². The van der Waals surface area contributed by atoms with Crippen LogP contribution in [-0.4, -0.2) is 16.2 Å². The van der Waals surface area contributed by atoms with Gasteiger partial charge in [-0.1, -0.05) is 11.8 Å². The van der Waals surface area contributed by atoms with Crippen molar-refractivity contribution in [2.24, 2.45) is 0 Å². The average Bonchev–Trinajstić information content (AvgIpc) is 2.17. The van der Waals surface area contributed by atoms with Crippen LogP contribution in [-0.2, 0) is 5.75 Å². The molecule has 0 radical (unpaired) electrons. The van der Waals surface area contributed by atoms with E-state index < -0.39 is 0 Å². The van der Waals surface area contributed by atoms with Crippen LogP contribution in [0.2, 0.25) is 0 Å². The van der Waals surface area contributed by atoms with E-state index in [9.17, 15) is 0 Å². The van der Waals surface area contributed by atoms with Crippen molar-refractivity contribution in [3.05, 3.63) is 22.9 Å². The standard InChI is InChI=1S/C8H8N2S2/c1-11-8-9-4-6-5-12-3-2-7(6)10-8/h2-4H,5H2,1H3. The van der Waals surface area contributed by atoms with Gasteiger partial charge in [0.25, 0.3) is 0 Å². The van der Waals surface area contributed by atoms with Gasteiger partial charge >= 0.3 is 0 Å².